The number of hydrogen-bond donors (Lipinski definition) is 2. The van der Waals surface area contributed by atoms with Crippen molar-refractivity contribution in [1.29, 1.82) is 0 Å². The second-order valence-electron chi connectivity index (χ2n) is 5.38. The monoisotopic (exact) mass is 400 g/mol. The molecular weight excluding hydrogens is 385 g/mol. The van der Waals surface area contributed by atoms with Crippen LogP contribution in [0, 0.1) is 6.92 Å². The van der Waals surface area contributed by atoms with Crippen molar-refractivity contribution in [3.8, 4) is 0 Å². The molecule has 0 spiro atoms. The van der Waals surface area contributed by atoms with Crippen LogP contribution < -0.4 is 11.1 Å². The highest BCUT2D eigenvalue weighted by molar-refractivity contribution is 7.18. The van der Waals surface area contributed by atoms with Crippen molar-refractivity contribution in [2.45, 2.75) is 20.0 Å². The number of nitrogens with two attached hydrogens (primary N) is 1. The number of hydrogen-bond acceptors (Lipinski definition) is 5. The van der Waals surface area contributed by atoms with Gasteiger partial charge in [-0.2, -0.15) is 13.2 Å². The smallest absolute Gasteiger partial charge is 0.416 e. The SMILES string of the molecule is CCOC(=O)c1sc(NC(=O)c2cccc(C(F)(F)F)c2)c(C(N)=O)c1C. The molecule has 1 aromatic carbocycles. The fourth-order valence-electron chi connectivity index (χ4n) is 2.30. The van der Waals surface area contributed by atoms with E-state index in [2.05, 4.69) is 5.32 Å². The third-order valence-corrected chi connectivity index (χ3v) is 4.72. The van der Waals surface area contributed by atoms with E-state index in [0.717, 1.165) is 23.5 Å². The van der Waals surface area contributed by atoms with Crippen LogP contribution in [-0.4, -0.2) is 24.4 Å². The van der Waals surface area contributed by atoms with Crippen molar-refractivity contribution < 1.29 is 32.3 Å². The van der Waals surface area contributed by atoms with Crippen LogP contribution in [-0.2, 0) is 10.9 Å². The van der Waals surface area contributed by atoms with Crippen molar-refractivity contribution in [2.75, 3.05) is 11.9 Å². The Labute approximate surface area is 156 Å². The molecule has 1 heterocycles. The Bertz CT molecular complexity index is 906. The molecule has 0 aliphatic carbocycles. The molecule has 2 aromatic rings. The molecule has 3 N–H and O–H groups in total. The van der Waals surface area contributed by atoms with Gasteiger partial charge in [0.2, 0.25) is 0 Å². The van der Waals surface area contributed by atoms with Crippen molar-refractivity contribution in [1.82, 2.24) is 0 Å². The van der Waals surface area contributed by atoms with Crippen LogP contribution in [0.2, 0.25) is 0 Å². The van der Waals surface area contributed by atoms with Gasteiger partial charge < -0.3 is 15.8 Å². The largest absolute Gasteiger partial charge is 0.462 e. The van der Waals surface area contributed by atoms with Gasteiger partial charge in [-0.3, -0.25) is 9.59 Å². The number of anilines is 1. The van der Waals surface area contributed by atoms with E-state index in [1.165, 1.54) is 13.0 Å². The van der Waals surface area contributed by atoms with E-state index in [1.54, 1.807) is 6.92 Å². The molecule has 10 heteroatoms. The number of primary amides is 1. The van der Waals surface area contributed by atoms with Crippen LogP contribution in [0.25, 0.3) is 0 Å². The van der Waals surface area contributed by atoms with Crippen LogP contribution in [0.4, 0.5) is 18.2 Å². The summed E-state index contributed by atoms with van der Waals surface area (Å²) in [4.78, 5) is 36.1. The number of esters is 1. The highest BCUT2D eigenvalue weighted by atomic mass is 32.1. The van der Waals surface area contributed by atoms with Gasteiger partial charge in [0.15, 0.2) is 0 Å². The van der Waals surface area contributed by atoms with Crippen molar-refractivity contribution in [2.24, 2.45) is 5.73 Å². The highest BCUT2D eigenvalue weighted by Gasteiger charge is 2.31. The van der Waals surface area contributed by atoms with Gasteiger partial charge in [-0.25, -0.2) is 4.79 Å². The normalized spacial score (nSPS) is 11.1. The van der Waals surface area contributed by atoms with E-state index in [9.17, 15) is 27.6 Å². The Balaban J connectivity index is 2.39. The Morgan fingerprint density at radius 1 is 1.26 bits per heavy atom. The van der Waals surface area contributed by atoms with Gasteiger partial charge in [-0.1, -0.05) is 6.07 Å². The van der Waals surface area contributed by atoms with Crippen LogP contribution in [0.1, 0.15) is 48.4 Å². The zero-order valence-electron chi connectivity index (χ0n) is 14.3. The Morgan fingerprint density at radius 3 is 2.48 bits per heavy atom. The first-order valence-electron chi connectivity index (χ1n) is 7.65. The molecule has 1 aromatic heterocycles. The van der Waals surface area contributed by atoms with Gasteiger partial charge >= 0.3 is 12.1 Å². The molecule has 0 aliphatic rings. The molecule has 0 bridgehead atoms. The topological polar surface area (TPSA) is 98.5 Å². The summed E-state index contributed by atoms with van der Waals surface area (Å²) in [6.45, 7) is 3.17. The van der Waals surface area contributed by atoms with Crippen molar-refractivity contribution >= 4 is 34.1 Å². The van der Waals surface area contributed by atoms with E-state index < -0.39 is 29.5 Å². The molecule has 0 radical (unpaired) electrons. The minimum atomic E-state index is -4.61. The number of ether oxygens (including phenoxy) is 1. The number of halogens is 3. The van der Waals surface area contributed by atoms with Crippen LogP contribution in [0.15, 0.2) is 24.3 Å². The summed E-state index contributed by atoms with van der Waals surface area (Å²) in [5.74, 6) is -2.46. The summed E-state index contributed by atoms with van der Waals surface area (Å²) in [6, 6.07) is 3.81. The molecule has 27 heavy (non-hydrogen) atoms. The lowest BCUT2D eigenvalue weighted by molar-refractivity contribution is -0.137. The van der Waals surface area contributed by atoms with Gasteiger partial charge in [0.25, 0.3) is 11.8 Å². The standard InChI is InChI=1S/C17H15F3N2O4S/c1-3-26-16(25)12-8(2)11(13(21)23)15(27-12)22-14(24)9-5-4-6-10(7-9)17(18,19)20/h4-7H,3H2,1-2H3,(H2,21,23)(H,22,24). The van der Waals surface area contributed by atoms with Gasteiger partial charge in [-0.15, -0.1) is 11.3 Å². The summed E-state index contributed by atoms with van der Waals surface area (Å²) in [5, 5.41) is 2.31. The number of nitrogens with one attached hydrogen (secondary N) is 1. The van der Waals surface area contributed by atoms with E-state index in [0.29, 0.717) is 6.07 Å². The fourth-order valence-corrected chi connectivity index (χ4v) is 3.40. The lowest BCUT2D eigenvalue weighted by Gasteiger charge is -2.09. The van der Waals surface area contributed by atoms with Crippen molar-refractivity contribution in [3.63, 3.8) is 0 Å². The fraction of sp³-hybridized carbons (Fsp3) is 0.235. The van der Waals surface area contributed by atoms with E-state index in [4.69, 9.17) is 10.5 Å². The molecule has 2 rings (SSSR count). The third kappa shape index (κ3) is 4.45. The van der Waals surface area contributed by atoms with Crippen LogP contribution in [0.5, 0.6) is 0 Å². The van der Waals surface area contributed by atoms with Gasteiger partial charge in [0, 0.05) is 5.56 Å². The molecule has 6 nitrogen and oxygen atoms in total. The predicted octanol–water partition coefficient (Wildman–Crippen LogP) is 3.60. The number of alkyl halides is 3. The predicted molar refractivity (Wildman–Crippen MR) is 92.9 cm³/mol. The summed E-state index contributed by atoms with van der Waals surface area (Å²) in [7, 11) is 0. The van der Waals surface area contributed by atoms with E-state index in [-0.39, 0.29) is 33.2 Å². The summed E-state index contributed by atoms with van der Waals surface area (Å²) in [6.07, 6.45) is -4.61. The highest BCUT2D eigenvalue weighted by Crippen LogP contribution is 2.34. The number of thiophene rings is 1. The van der Waals surface area contributed by atoms with Gasteiger partial charge in [0.05, 0.1) is 17.7 Å². The Morgan fingerprint density at radius 2 is 1.93 bits per heavy atom. The number of carbonyl (C=O) groups excluding carboxylic acids is 3. The van der Waals surface area contributed by atoms with E-state index >= 15 is 0 Å². The van der Waals surface area contributed by atoms with Gasteiger partial charge in [-0.05, 0) is 37.6 Å². The lowest BCUT2D eigenvalue weighted by Crippen LogP contribution is -2.18. The average Bonchev–Trinajstić information content (AvgIpc) is 2.90. The average molecular weight is 400 g/mol. The lowest BCUT2D eigenvalue weighted by atomic mass is 10.1. The summed E-state index contributed by atoms with van der Waals surface area (Å²) < 4.78 is 43.3. The summed E-state index contributed by atoms with van der Waals surface area (Å²) >= 11 is 0.766. The number of carbonyl (C=O) groups is 3. The number of amides is 2. The minimum absolute atomic E-state index is 0.0366. The molecule has 0 saturated heterocycles. The van der Waals surface area contributed by atoms with E-state index in [1.807, 2.05) is 0 Å². The maximum absolute atomic E-state index is 12.8. The van der Waals surface area contributed by atoms with Gasteiger partial charge in [0.1, 0.15) is 9.88 Å². The third-order valence-electron chi connectivity index (χ3n) is 3.53. The minimum Gasteiger partial charge on any atom is -0.462 e. The molecular formula is C17H15F3N2O4S. The molecule has 0 saturated carbocycles. The molecule has 0 fully saturated rings. The molecule has 0 aliphatic heterocycles. The first kappa shape index (κ1) is 20.4. The summed E-state index contributed by atoms with van der Waals surface area (Å²) in [5.41, 5.74) is 4.20. The zero-order chi connectivity index (χ0) is 20.4. The Kier molecular flexibility index (Phi) is 5.89. The number of benzene rings is 1. The molecule has 0 atom stereocenters. The second kappa shape index (κ2) is 7.78. The maximum atomic E-state index is 12.8. The van der Waals surface area contributed by atoms with Crippen LogP contribution in [0.3, 0.4) is 0 Å². The molecule has 0 unspecified atom stereocenters. The first-order valence-corrected chi connectivity index (χ1v) is 8.46. The molecule has 2 amide bonds. The first-order chi connectivity index (χ1) is 12.6. The Hall–Kier alpha value is -2.88. The maximum Gasteiger partial charge on any atom is 0.416 e. The zero-order valence-corrected chi connectivity index (χ0v) is 15.1. The quantitative estimate of drug-likeness (QED) is 0.749. The van der Waals surface area contributed by atoms with Crippen molar-refractivity contribution in [3.05, 3.63) is 51.4 Å². The van der Waals surface area contributed by atoms with Crippen LogP contribution >= 0.6 is 11.3 Å². The number of rotatable bonds is 5. The second-order valence-corrected chi connectivity index (χ2v) is 6.40. The molecule has 144 valence electrons.